The van der Waals surface area contributed by atoms with Crippen molar-refractivity contribution >= 4 is 45.2 Å². The van der Waals surface area contributed by atoms with Gasteiger partial charge in [0.2, 0.25) is 5.91 Å². The summed E-state index contributed by atoms with van der Waals surface area (Å²) in [6.07, 6.45) is 0. The maximum atomic E-state index is 12.9. The van der Waals surface area contributed by atoms with Gasteiger partial charge in [0.15, 0.2) is 0 Å². The van der Waals surface area contributed by atoms with E-state index in [4.69, 9.17) is 0 Å². The van der Waals surface area contributed by atoms with Crippen LogP contribution in [0.3, 0.4) is 0 Å². The molecule has 4 aromatic rings. The molecule has 0 radical (unpaired) electrons. The fourth-order valence-corrected chi connectivity index (χ4v) is 4.79. The number of aromatic nitrogens is 2. The monoisotopic (exact) mass is 442 g/mol. The summed E-state index contributed by atoms with van der Waals surface area (Å²) in [6.45, 7) is 8.98. The van der Waals surface area contributed by atoms with Gasteiger partial charge in [-0.2, -0.15) is 5.26 Å². The number of nitriles is 1. The molecule has 0 aliphatic heterocycles. The van der Waals surface area contributed by atoms with Gasteiger partial charge < -0.3 is 9.88 Å². The molecule has 0 aliphatic rings. The Morgan fingerprint density at radius 3 is 2.56 bits per heavy atom. The van der Waals surface area contributed by atoms with E-state index in [-0.39, 0.29) is 11.8 Å². The molecule has 0 aliphatic carbocycles. The molecule has 1 atom stereocenters. The van der Waals surface area contributed by atoms with Gasteiger partial charge >= 0.3 is 0 Å². The normalized spacial score (nSPS) is 12.2. The SMILES string of the molecule is CCn1c2ccccc2c2cc(NC(=O)C(C)Sc3nc(C(C)C)ccc3C#N)ccc21. The molecule has 0 saturated carbocycles. The lowest BCUT2D eigenvalue weighted by Crippen LogP contribution is -2.22. The lowest BCUT2D eigenvalue weighted by Gasteiger charge is -2.14. The summed E-state index contributed by atoms with van der Waals surface area (Å²) in [5.74, 6) is 0.137. The van der Waals surface area contributed by atoms with E-state index in [1.54, 1.807) is 6.07 Å². The predicted octanol–water partition coefficient (Wildman–Crippen LogP) is 6.32. The van der Waals surface area contributed by atoms with Crippen molar-refractivity contribution in [1.29, 1.82) is 5.26 Å². The van der Waals surface area contributed by atoms with Crippen LogP contribution in [0, 0.1) is 11.3 Å². The number of carbonyl (C=O) groups excluding carboxylic acids is 1. The predicted molar refractivity (Wildman–Crippen MR) is 132 cm³/mol. The molecule has 1 unspecified atom stereocenters. The Morgan fingerprint density at radius 2 is 1.84 bits per heavy atom. The van der Waals surface area contributed by atoms with E-state index in [0.717, 1.165) is 28.8 Å². The van der Waals surface area contributed by atoms with Crippen LogP contribution in [-0.2, 0) is 11.3 Å². The van der Waals surface area contributed by atoms with E-state index in [1.807, 2.05) is 37.3 Å². The average molecular weight is 443 g/mol. The highest BCUT2D eigenvalue weighted by Gasteiger charge is 2.19. The lowest BCUT2D eigenvalue weighted by atomic mass is 10.1. The summed E-state index contributed by atoms with van der Waals surface area (Å²) in [7, 11) is 0. The number of thioether (sulfide) groups is 1. The third-order valence-corrected chi connectivity index (χ3v) is 6.71. The van der Waals surface area contributed by atoms with E-state index in [2.05, 4.69) is 59.9 Å². The molecule has 1 N–H and O–H groups in total. The van der Waals surface area contributed by atoms with Gasteiger partial charge in [-0.25, -0.2) is 4.98 Å². The third-order valence-electron chi connectivity index (χ3n) is 5.61. The number of nitrogens with zero attached hydrogens (tertiary/aromatic N) is 3. The minimum Gasteiger partial charge on any atom is -0.341 e. The smallest absolute Gasteiger partial charge is 0.237 e. The van der Waals surface area contributed by atoms with E-state index in [0.29, 0.717) is 10.6 Å². The van der Waals surface area contributed by atoms with Gasteiger partial charge in [0.05, 0.1) is 10.8 Å². The van der Waals surface area contributed by atoms with Crippen LogP contribution in [0.5, 0.6) is 0 Å². The molecular weight excluding hydrogens is 416 g/mol. The molecule has 2 heterocycles. The molecule has 162 valence electrons. The van der Waals surface area contributed by atoms with Crippen LogP contribution in [0.1, 0.15) is 44.9 Å². The Kier molecular flexibility index (Phi) is 6.20. The summed E-state index contributed by atoms with van der Waals surface area (Å²) >= 11 is 1.32. The van der Waals surface area contributed by atoms with Crippen LogP contribution in [0.4, 0.5) is 5.69 Å². The third kappa shape index (κ3) is 4.09. The molecule has 0 spiro atoms. The number of rotatable bonds is 6. The summed E-state index contributed by atoms with van der Waals surface area (Å²) < 4.78 is 2.28. The first-order valence-corrected chi connectivity index (χ1v) is 11.7. The van der Waals surface area contributed by atoms with Gasteiger partial charge in [-0.3, -0.25) is 4.79 Å². The number of aryl methyl sites for hydroxylation is 1. The van der Waals surface area contributed by atoms with Crippen LogP contribution in [0.2, 0.25) is 0 Å². The van der Waals surface area contributed by atoms with Crippen LogP contribution in [0.25, 0.3) is 21.8 Å². The summed E-state index contributed by atoms with van der Waals surface area (Å²) in [5.41, 5.74) is 4.52. The molecule has 0 bridgehead atoms. The molecular formula is C26H26N4OS. The molecule has 0 saturated heterocycles. The van der Waals surface area contributed by atoms with Gasteiger partial charge in [0.25, 0.3) is 0 Å². The summed E-state index contributed by atoms with van der Waals surface area (Å²) in [6, 6.07) is 20.2. The zero-order chi connectivity index (χ0) is 22.8. The minimum atomic E-state index is -0.398. The number of anilines is 1. The first kappa shape index (κ1) is 21.9. The van der Waals surface area contributed by atoms with E-state index in [9.17, 15) is 10.1 Å². The van der Waals surface area contributed by atoms with E-state index >= 15 is 0 Å². The Morgan fingerprint density at radius 1 is 1.09 bits per heavy atom. The lowest BCUT2D eigenvalue weighted by molar-refractivity contribution is -0.115. The standard InChI is InChI=1S/C26H26N4OS/c1-5-30-23-9-7-6-8-20(23)21-14-19(11-13-24(21)30)28-25(31)17(4)32-26-18(15-27)10-12-22(29-26)16(2)3/h6-14,16-17H,5H2,1-4H3,(H,28,31). The number of carbonyl (C=O) groups is 1. The number of pyridine rings is 1. The molecule has 5 nitrogen and oxygen atoms in total. The summed E-state index contributed by atoms with van der Waals surface area (Å²) in [4.78, 5) is 17.6. The second-order valence-electron chi connectivity index (χ2n) is 8.10. The van der Waals surface area contributed by atoms with E-state index < -0.39 is 5.25 Å². The van der Waals surface area contributed by atoms with Gasteiger partial charge in [-0.1, -0.05) is 43.8 Å². The summed E-state index contributed by atoms with van der Waals surface area (Å²) in [5, 5.41) is 15.0. The number of nitrogens with one attached hydrogen (secondary N) is 1. The topological polar surface area (TPSA) is 70.7 Å². The largest absolute Gasteiger partial charge is 0.341 e. The van der Waals surface area contributed by atoms with Crippen molar-refractivity contribution in [3.05, 3.63) is 65.9 Å². The Bertz CT molecular complexity index is 1350. The van der Waals surface area contributed by atoms with Crippen molar-refractivity contribution in [2.45, 2.75) is 50.4 Å². The Hall–Kier alpha value is -3.30. The number of para-hydroxylation sites is 1. The molecule has 6 heteroatoms. The molecule has 2 aromatic carbocycles. The van der Waals surface area contributed by atoms with Crippen molar-refractivity contribution in [3.8, 4) is 6.07 Å². The number of benzene rings is 2. The minimum absolute atomic E-state index is 0.116. The van der Waals surface area contributed by atoms with Crippen LogP contribution < -0.4 is 5.32 Å². The van der Waals surface area contributed by atoms with Gasteiger partial charge in [0.1, 0.15) is 11.1 Å². The van der Waals surface area contributed by atoms with Crippen LogP contribution in [-0.4, -0.2) is 20.7 Å². The highest BCUT2D eigenvalue weighted by Crippen LogP contribution is 2.32. The second kappa shape index (κ2) is 9.05. The van der Waals surface area contributed by atoms with Crippen molar-refractivity contribution in [2.24, 2.45) is 0 Å². The van der Waals surface area contributed by atoms with Crippen LogP contribution >= 0.6 is 11.8 Å². The molecule has 0 fully saturated rings. The number of fused-ring (bicyclic) bond motifs is 3. The molecule has 4 rings (SSSR count). The highest BCUT2D eigenvalue weighted by atomic mass is 32.2. The van der Waals surface area contributed by atoms with Crippen molar-refractivity contribution in [1.82, 2.24) is 9.55 Å². The molecule has 32 heavy (non-hydrogen) atoms. The fraction of sp³-hybridized carbons (Fsp3) is 0.269. The zero-order valence-corrected chi connectivity index (χ0v) is 19.5. The maximum Gasteiger partial charge on any atom is 0.237 e. The fourth-order valence-electron chi connectivity index (χ4n) is 3.89. The zero-order valence-electron chi connectivity index (χ0n) is 18.7. The van der Waals surface area contributed by atoms with Gasteiger partial charge in [0, 0.05) is 39.7 Å². The van der Waals surface area contributed by atoms with Crippen molar-refractivity contribution < 1.29 is 4.79 Å². The number of amides is 1. The Labute approximate surface area is 192 Å². The number of hydrogen-bond acceptors (Lipinski definition) is 4. The maximum absolute atomic E-state index is 12.9. The van der Waals surface area contributed by atoms with Gasteiger partial charge in [-0.05, 0) is 56.2 Å². The van der Waals surface area contributed by atoms with Crippen molar-refractivity contribution in [2.75, 3.05) is 5.32 Å². The van der Waals surface area contributed by atoms with Crippen LogP contribution in [0.15, 0.2) is 59.6 Å². The molecule has 1 amide bonds. The van der Waals surface area contributed by atoms with E-state index in [1.165, 1.54) is 22.7 Å². The number of hydrogen-bond donors (Lipinski definition) is 1. The first-order chi connectivity index (χ1) is 15.4. The average Bonchev–Trinajstić information content (AvgIpc) is 3.11. The van der Waals surface area contributed by atoms with Gasteiger partial charge in [-0.15, -0.1) is 0 Å². The Balaban J connectivity index is 1.58. The first-order valence-electron chi connectivity index (χ1n) is 10.8. The van der Waals surface area contributed by atoms with Crippen molar-refractivity contribution in [3.63, 3.8) is 0 Å². The highest BCUT2D eigenvalue weighted by molar-refractivity contribution is 8.00. The second-order valence-corrected chi connectivity index (χ2v) is 9.43. The quantitative estimate of drug-likeness (QED) is 0.355. The molecule has 2 aromatic heterocycles.